The highest BCUT2D eigenvalue weighted by molar-refractivity contribution is 7.99. The Hall–Kier alpha value is -2.00. The quantitative estimate of drug-likeness (QED) is 0.572. The van der Waals surface area contributed by atoms with Gasteiger partial charge in [-0.3, -0.25) is 9.69 Å². The van der Waals surface area contributed by atoms with E-state index in [-0.39, 0.29) is 5.91 Å². The van der Waals surface area contributed by atoms with E-state index in [0.29, 0.717) is 0 Å². The zero-order valence-corrected chi connectivity index (χ0v) is 19.3. The first-order chi connectivity index (χ1) is 15.2. The average Bonchev–Trinajstić information content (AvgIpc) is 3.14. The Morgan fingerprint density at radius 1 is 1.16 bits per heavy atom. The average molecular weight is 455 g/mol. The molecule has 6 nitrogen and oxygen atoms in total. The Kier molecular flexibility index (Phi) is 6.22. The minimum atomic E-state index is -0.0597. The van der Waals surface area contributed by atoms with Gasteiger partial charge in [0.15, 0.2) is 0 Å². The first-order valence-electron chi connectivity index (χ1n) is 10.8. The number of hydrogen-bond acceptors (Lipinski definition) is 7. The topological polar surface area (TPSA) is 67.4 Å². The maximum absolute atomic E-state index is 11.3. The van der Waals surface area contributed by atoms with Crippen LogP contribution in [0.5, 0.6) is 0 Å². The zero-order chi connectivity index (χ0) is 21.2. The van der Waals surface area contributed by atoms with Crippen LogP contribution in [0.4, 0.5) is 5.69 Å². The molecule has 1 aliphatic heterocycles. The van der Waals surface area contributed by atoms with Crippen molar-refractivity contribution in [3.8, 4) is 0 Å². The number of ether oxygens (including phenoxy) is 1. The Labute approximate surface area is 190 Å². The van der Waals surface area contributed by atoms with E-state index in [9.17, 15) is 4.79 Å². The maximum Gasteiger partial charge on any atom is 0.221 e. The fourth-order valence-electron chi connectivity index (χ4n) is 4.19. The third-order valence-electron chi connectivity index (χ3n) is 5.69. The molecule has 0 saturated carbocycles. The Morgan fingerprint density at radius 2 is 1.94 bits per heavy atom. The van der Waals surface area contributed by atoms with Gasteiger partial charge in [0.05, 0.1) is 19.8 Å². The van der Waals surface area contributed by atoms with E-state index in [1.165, 1.54) is 35.6 Å². The van der Waals surface area contributed by atoms with Gasteiger partial charge in [-0.2, -0.15) is 0 Å². The third kappa shape index (κ3) is 4.77. The Balaban J connectivity index is 1.49. The van der Waals surface area contributed by atoms with Crippen molar-refractivity contribution < 1.29 is 9.53 Å². The highest BCUT2D eigenvalue weighted by Gasteiger charge is 2.22. The number of aryl methyl sites for hydroxylation is 2. The molecule has 0 bridgehead atoms. The summed E-state index contributed by atoms with van der Waals surface area (Å²) in [6.07, 6.45) is 4.78. The fourth-order valence-corrected chi connectivity index (χ4v) is 6.50. The van der Waals surface area contributed by atoms with Crippen molar-refractivity contribution in [2.75, 3.05) is 31.6 Å². The van der Waals surface area contributed by atoms with E-state index in [4.69, 9.17) is 14.7 Å². The van der Waals surface area contributed by atoms with Gasteiger partial charge in [-0.1, -0.05) is 11.8 Å². The predicted molar refractivity (Wildman–Crippen MR) is 125 cm³/mol. The molecule has 1 N–H and O–H groups in total. The number of anilines is 1. The highest BCUT2D eigenvalue weighted by atomic mass is 32.2. The van der Waals surface area contributed by atoms with Gasteiger partial charge in [-0.25, -0.2) is 9.97 Å². The molecule has 1 fully saturated rings. The van der Waals surface area contributed by atoms with Gasteiger partial charge in [-0.05, 0) is 55.5 Å². The van der Waals surface area contributed by atoms with Crippen LogP contribution in [0.3, 0.4) is 0 Å². The summed E-state index contributed by atoms with van der Waals surface area (Å²) in [6.45, 7) is 5.69. The second-order valence-corrected chi connectivity index (χ2v) is 10.2. The van der Waals surface area contributed by atoms with E-state index < -0.39 is 0 Å². The van der Waals surface area contributed by atoms with Crippen LogP contribution in [0.15, 0.2) is 34.2 Å². The molecule has 0 atom stereocenters. The standard InChI is InChI=1S/C23H26N4O2S2/c1-15(28)24-16-6-8-17(9-7-16)30-22-21-18-4-2-3-5-19(18)31-23(21)26-20(25-22)14-27-10-12-29-13-11-27/h6-9H,2-5,10-14H2,1H3,(H,24,28). The molecule has 31 heavy (non-hydrogen) atoms. The molecule has 1 amide bonds. The number of benzene rings is 1. The molecule has 8 heteroatoms. The SMILES string of the molecule is CC(=O)Nc1ccc(Sc2nc(CN3CCOCC3)nc3sc4c(c23)CCCC4)cc1. The minimum absolute atomic E-state index is 0.0597. The summed E-state index contributed by atoms with van der Waals surface area (Å²) in [7, 11) is 0. The van der Waals surface area contributed by atoms with Crippen molar-refractivity contribution >= 4 is 44.9 Å². The van der Waals surface area contributed by atoms with Crippen LogP contribution >= 0.6 is 23.1 Å². The number of carbonyl (C=O) groups is 1. The summed E-state index contributed by atoms with van der Waals surface area (Å²) >= 11 is 3.55. The number of aromatic nitrogens is 2. The van der Waals surface area contributed by atoms with Crippen LogP contribution in [-0.4, -0.2) is 47.1 Å². The minimum Gasteiger partial charge on any atom is -0.379 e. The van der Waals surface area contributed by atoms with E-state index in [0.717, 1.165) is 72.0 Å². The van der Waals surface area contributed by atoms with Gasteiger partial charge in [-0.15, -0.1) is 11.3 Å². The molecule has 2 aliphatic rings. The summed E-state index contributed by atoms with van der Waals surface area (Å²) in [5, 5.41) is 5.14. The van der Waals surface area contributed by atoms with Crippen LogP contribution in [0, 0.1) is 0 Å². The zero-order valence-electron chi connectivity index (χ0n) is 17.6. The molecule has 3 aromatic rings. The molecule has 5 rings (SSSR count). The molecule has 0 radical (unpaired) electrons. The maximum atomic E-state index is 11.3. The number of hydrogen-bond donors (Lipinski definition) is 1. The van der Waals surface area contributed by atoms with E-state index in [1.54, 1.807) is 11.8 Å². The van der Waals surface area contributed by atoms with Gasteiger partial charge >= 0.3 is 0 Å². The predicted octanol–water partition coefficient (Wildman–Crippen LogP) is 4.51. The number of thiophene rings is 1. The number of morpholine rings is 1. The van der Waals surface area contributed by atoms with Crippen molar-refractivity contribution in [1.82, 2.24) is 14.9 Å². The largest absolute Gasteiger partial charge is 0.379 e. The normalized spacial score (nSPS) is 16.9. The Bertz CT molecular complexity index is 1090. The molecule has 0 spiro atoms. The molecule has 2 aromatic heterocycles. The monoisotopic (exact) mass is 454 g/mol. The fraction of sp³-hybridized carbons (Fsp3) is 0.435. The van der Waals surface area contributed by atoms with Gasteiger partial charge in [0.25, 0.3) is 0 Å². The summed E-state index contributed by atoms with van der Waals surface area (Å²) < 4.78 is 5.49. The summed E-state index contributed by atoms with van der Waals surface area (Å²) in [4.78, 5) is 27.4. The van der Waals surface area contributed by atoms with E-state index in [2.05, 4.69) is 10.2 Å². The number of nitrogens with one attached hydrogen (secondary N) is 1. The smallest absolute Gasteiger partial charge is 0.221 e. The number of rotatable bonds is 5. The summed E-state index contributed by atoms with van der Waals surface area (Å²) in [5.41, 5.74) is 2.27. The number of nitrogens with zero attached hydrogens (tertiary/aromatic N) is 3. The lowest BCUT2D eigenvalue weighted by Crippen LogP contribution is -2.36. The van der Waals surface area contributed by atoms with Crippen LogP contribution in [0.1, 0.15) is 36.0 Å². The first kappa shape index (κ1) is 20.9. The molecule has 1 aliphatic carbocycles. The van der Waals surface area contributed by atoms with Crippen LogP contribution in [-0.2, 0) is 28.9 Å². The van der Waals surface area contributed by atoms with Gasteiger partial charge in [0.2, 0.25) is 5.91 Å². The second kappa shape index (κ2) is 9.24. The van der Waals surface area contributed by atoms with E-state index >= 15 is 0 Å². The lowest BCUT2D eigenvalue weighted by molar-refractivity contribution is -0.114. The van der Waals surface area contributed by atoms with Gasteiger partial charge in [0, 0.05) is 40.9 Å². The number of fused-ring (bicyclic) bond motifs is 3. The summed E-state index contributed by atoms with van der Waals surface area (Å²) in [6, 6.07) is 7.98. The van der Waals surface area contributed by atoms with Crippen molar-refractivity contribution in [2.45, 2.75) is 49.1 Å². The summed E-state index contributed by atoms with van der Waals surface area (Å²) in [5.74, 6) is 0.834. The van der Waals surface area contributed by atoms with Gasteiger partial charge < -0.3 is 10.1 Å². The van der Waals surface area contributed by atoms with Crippen LogP contribution < -0.4 is 5.32 Å². The van der Waals surface area contributed by atoms with Crippen molar-refractivity contribution in [3.63, 3.8) is 0 Å². The molecule has 3 heterocycles. The number of amides is 1. The van der Waals surface area contributed by atoms with E-state index in [1.807, 2.05) is 35.6 Å². The van der Waals surface area contributed by atoms with Crippen LogP contribution in [0.2, 0.25) is 0 Å². The van der Waals surface area contributed by atoms with Crippen molar-refractivity contribution in [1.29, 1.82) is 0 Å². The molecular weight excluding hydrogens is 428 g/mol. The first-order valence-corrected chi connectivity index (χ1v) is 12.5. The van der Waals surface area contributed by atoms with Crippen molar-refractivity contribution in [3.05, 3.63) is 40.5 Å². The highest BCUT2D eigenvalue weighted by Crippen LogP contribution is 2.41. The lowest BCUT2D eigenvalue weighted by Gasteiger charge is -2.25. The molecule has 1 aromatic carbocycles. The lowest BCUT2D eigenvalue weighted by atomic mass is 9.97. The van der Waals surface area contributed by atoms with Crippen molar-refractivity contribution in [2.24, 2.45) is 0 Å². The molecule has 0 unspecified atom stereocenters. The van der Waals surface area contributed by atoms with Crippen LogP contribution in [0.25, 0.3) is 10.2 Å². The van der Waals surface area contributed by atoms with Gasteiger partial charge in [0.1, 0.15) is 15.7 Å². The third-order valence-corrected chi connectivity index (χ3v) is 7.87. The number of carbonyl (C=O) groups excluding carboxylic acids is 1. The molecule has 1 saturated heterocycles. The molecular formula is C23H26N4O2S2. The molecule has 162 valence electrons. The Morgan fingerprint density at radius 3 is 2.71 bits per heavy atom. The second-order valence-electron chi connectivity index (χ2n) is 8.03.